The average Bonchev–Trinajstić information content (AvgIpc) is 2.37. The lowest BCUT2D eigenvalue weighted by Crippen LogP contribution is -2.31. The van der Waals surface area contributed by atoms with Crippen molar-refractivity contribution < 1.29 is 8.78 Å². The predicted octanol–water partition coefficient (Wildman–Crippen LogP) is 2.87. The fourth-order valence-electron chi connectivity index (χ4n) is 1.86. The maximum Gasteiger partial charge on any atom is 0.132 e. The monoisotopic (exact) mass is 327 g/mol. The minimum Gasteiger partial charge on any atom is -0.271 e. The molecular weight excluding hydrogens is 316 g/mol. The molecule has 1 heterocycles. The number of benzene rings is 1. The van der Waals surface area contributed by atoms with Gasteiger partial charge in [-0.1, -0.05) is 22.0 Å². The van der Waals surface area contributed by atoms with Crippen molar-refractivity contribution in [1.82, 2.24) is 10.4 Å². The summed E-state index contributed by atoms with van der Waals surface area (Å²) in [7, 11) is 0. The van der Waals surface area contributed by atoms with E-state index in [-0.39, 0.29) is 5.56 Å². The summed E-state index contributed by atoms with van der Waals surface area (Å²) in [6.07, 6.45) is 1.92. The molecule has 1 aromatic heterocycles. The largest absolute Gasteiger partial charge is 0.271 e. The van der Waals surface area contributed by atoms with Crippen molar-refractivity contribution in [2.24, 2.45) is 5.84 Å². The molecule has 2 aromatic rings. The molecular formula is C13H12BrF2N3. The molecule has 0 radical (unpaired) electrons. The Kier molecular flexibility index (Phi) is 4.57. The minimum atomic E-state index is -0.678. The second kappa shape index (κ2) is 6.18. The minimum absolute atomic E-state index is 0.0867. The summed E-state index contributed by atoms with van der Waals surface area (Å²) >= 11 is 3.04. The summed E-state index contributed by atoms with van der Waals surface area (Å²) in [5.41, 5.74) is 3.05. The van der Waals surface area contributed by atoms with Crippen LogP contribution in [0.2, 0.25) is 0 Å². The van der Waals surface area contributed by atoms with Crippen LogP contribution in [-0.4, -0.2) is 4.98 Å². The van der Waals surface area contributed by atoms with Crippen LogP contribution in [0.5, 0.6) is 0 Å². The lowest BCUT2D eigenvalue weighted by atomic mass is 10.0. The maximum absolute atomic E-state index is 13.9. The Balaban J connectivity index is 2.32. The van der Waals surface area contributed by atoms with Crippen LogP contribution in [0.3, 0.4) is 0 Å². The molecule has 0 bridgehead atoms. The van der Waals surface area contributed by atoms with E-state index in [4.69, 9.17) is 5.84 Å². The molecule has 100 valence electrons. The molecule has 1 atom stereocenters. The van der Waals surface area contributed by atoms with Crippen molar-refractivity contribution in [3.8, 4) is 0 Å². The highest BCUT2D eigenvalue weighted by atomic mass is 79.9. The molecule has 0 fully saturated rings. The first-order valence-electron chi connectivity index (χ1n) is 5.62. The van der Waals surface area contributed by atoms with Gasteiger partial charge >= 0.3 is 0 Å². The Hall–Kier alpha value is -1.37. The van der Waals surface area contributed by atoms with E-state index in [0.717, 1.165) is 0 Å². The second-order valence-corrected chi connectivity index (χ2v) is 4.94. The normalized spacial score (nSPS) is 12.4. The van der Waals surface area contributed by atoms with Gasteiger partial charge in [-0.2, -0.15) is 0 Å². The molecule has 1 aromatic carbocycles. The van der Waals surface area contributed by atoms with Gasteiger partial charge in [0.05, 0.1) is 6.04 Å². The van der Waals surface area contributed by atoms with Crippen LogP contribution in [0.1, 0.15) is 17.3 Å². The number of nitrogens with zero attached hydrogens (tertiary/aromatic N) is 1. The summed E-state index contributed by atoms with van der Waals surface area (Å²) in [6.45, 7) is 0. The number of nitrogens with two attached hydrogens (primary N) is 1. The Bertz CT molecular complexity index is 540. The second-order valence-electron chi connectivity index (χ2n) is 4.03. The van der Waals surface area contributed by atoms with Crippen molar-refractivity contribution in [3.05, 3.63) is 63.9 Å². The van der Waals surface area contributed by atoms with Gasteiger partial charge in [0.2, 0.25) is 0 Å². The Morgan fingerprint density at radius 2 is 1.95 bits per heavy atom. The summed E-state index contributed by atoms with van der Waals surface area (Å²) in [4.78, 5) is 4.12. The van der Waals surface area contributed by atoms with E-state index in [9.17, 15) is 8.78 Å². The van der Waals surface area contributed by atoms with Crippen molar-refractivity contribution in [2.45, 2.75) is 12.5 Å². The SMILES string of the molecule is NNC(Cc1ccccn1)c1c(F)cc(Br)cc1F. The third kappa shape index (κ3) is 3.34. The zero-order valence-corrected chi connectivity index (χ0v) is 11.5. The molecule has 19 heavy (non-hydrogen) atoms. The number of pyridine rings is 1. The summed E-state index contributed by atoms with van der Waals surface area (Å²) in [5.74, 6) is 4.11. The first kappa shape index (κ1) is 14.0. The lowest BCUT2D eigenvalue weighted by molar-refractivity contribution is 0.469. The quantitative estimate of drug-likeness (QED) is 0.670. The predicted molar refractivity (Wildman–Crippen MR) is 72.1 cm³/mol. The van der Waals surface area contributed by atoms with Crippen LogP contribution < -0.4 is 11.3 Å². The number of hydrogen-bond donors (Lipinski definition) is 2. The van der Waals surface area contributed by atoms with Crippen molar-refractivity contribution in [3.63, 3.8) is 0 Å². The highest BCUT2D eigenvalue weighted by Crippen LogP contribution is 2.26. The number of halogens is 3. The molecule has 0 aliphatic carbocycles. The molecule has 6 heteroatoms. The van der Waals surface area contributed by atoms with E-state index >= 15 is 0 Å². The third-order valence-electron chi connectivity index (χ3n) is 2.73. The van der Waals surface area contributed by atoms with E-state index in [0.29, 0.717) is 16.6 Å². The molecule has 2 rings (SSSR count). The molecule has 0 amide bonds. The number of hydrogen-bond acceptors (Lipinski definition) is 3. The van der Waals surface area contributed by atoms with Crippen LogP contribution in [0.4, 0.5) is 8.78 Å². The van der Waals surface area contributed by atoms with Gasteiger partial charge in [0.1, 0.15) is 11.6 Å². The van der Waals surface area contributed by atoms with Gasteiger partial charge in [0.15, 0.2) is 0 Å². The van der Waals surface area contributed by atoms with Crippen LogP contribution >= 0.6 is 15.9 Å². The highest BCUT2D eigenvalue weighted by Gasteiger charge is 2.20. The first-order chi connectivity index (χ1) is 9.11. The first-order valence-corrected chi connectivity index (χ1v) is 6.41. The van der Waals surface area contributed by atoms with Crippen molar-refractivity contribution in [2.75, 3.05) is 0 Å². The Morgan fingerprint density at radius 1 is 1.26 bits per heavy atom. The van der Waals surface area contributed by atoms with Gasteiger partial charge in [0.25, 0.3) is 0 Å². The van der Waals surface area contributed by atoms with Crippen molar-refractivity contribution >= 4 is 15.9 Å². The van der Waals surface area contributed by atoms with Crippen molar-refractivity contribution in [1.29, 1.82) is 0 Å². The molecule has 0 spiro atoms. The molecule has 3 nitrogen and oxygen atoms in total. The zero-order valence-electron chi connectivity index (χ0n) is 9.91. The highest BCUT2D eigenvalue weighted by molar-refractivity contribution is 9.10. The number of hydrazine groups is 1. The fourth-order valence-corrected chi connectivity index (χ4v) is 2.26. The van der Waals surface area contributed by atoms with Crippen LogP contribution in [0, 0.1) is 11.6 Å². The number of nitrogens with one attached hydrogen (secondary N) is 1. The van der Waals surface area contributed by atoms with Gasteiger partial charge in [-0.15, -0.1) is 0 Å². The van der Waals surface area contributed by atoms with Crippen LogP contribution in [0.25, 0.3) is 0 Å². The van der Waals surface area contributed by atoms with E-state index in [1.165, 1.54) is 12.1 Å². The number of rotatable bonds is 4. The van der Waals surface area contributed by atoms with Gasteiger partial charge in [-0.3, -0.25) is 16.3 Å². The van der Waals surface area contributed by atoms with Gasteiger partial charge < -0.3 is 0 Å². The molecule has 1 unspecified atom stereocenters. The van der Waals surface area contributed by atoms with E-state index in [2.05, 4.69) is 26.3 Å². The zero-order chi connectivity index (χ0) is 13.8. The molecule has 0 saturated heterocycles. The van der Waals surface area contributed by atoms with E-state index < -0.39 is 17.7 Å². The summed E-state index contributed by atoms with van der Waals surface area (Å²) in [5, 5.41) is 0. The Morgan fingerprint density at radius 3 is 2.47 bits per heavy atom. The molecule has 0 aliphatic heterocycles. The topological polar surface area (TPSA) is 50.9 Å². The Labute approximate surface area is 117 Å². The third-order valence-corrected chi connectivity index (χ3v) is 3.19. The molecule has 0 aliphatic rings. The van der Waals surface area contributed by atoms with Crippen LogP contribution in [0.15, 0.2) is 41.0 Å². The summed E-state index contributed by atoms with van der Waals surface area (Å²) in [6, 6.07) is 7.10. The standard InChI is InChI=1S/C13H12BrF2N3/c14-8-5-10(15)13(11(16)6-8)12(19-17)7-9-3-1-2-4-18-9/h1-6,12,19H,7,17H2. The summed E-state index contributed by atoms with van der Waals surface area (Å²) < 4.78 is 28.1. The average molecular weight is 328 g/mol. The smallest absolute Gasteiger partial charge is 0.132 e. The lowest BCUT2D eigenvalue weighted by Gasteiger charge is -2.17. The van der Waals surface area contributed by atoms with E-state index in [1.54, 1.807) is 18.3 Å². The van der Waals surface area contributed by atoms with Gasteiger partial charge in [-0.05, 0) is 24.3 Å². The number of aromatic nitrogens is 1. The molecule has 3 N–H and O–H groups in total. The van der Waals surface area contributed by atoms with Gasteiger partial charge in [0, 0.05) is 28.3 Å². The van der Waals surface area contributed by atoms with Gasteiger partial charge in [-0.25, -0.2) is 8.78 Å². The fraction of sp³-hybridized carbons (Fsp3) is 0.154. The molecule has 0 saturated carbocycles. The maximum atomic E-state index is 13.9. The van der Waals surface area contributed by atoms with Crippen LogP contribution in [-0.2, 0) is 6.42 Å². The van der Waals surface area contributed by atoms with E-state index in [1.807, 2.05) is 6.07 Å².